The van der Waals surface area contributed by atoms with Crippen LogP contribution in [0.2, 0.25) is 0 Å². The number of aldehydes is 1. The number of hydrogen-bond donors (Lipinski definition) is 0. The van der Waals surface area contributed by atoms with Gasteiger partial charge in [0.05, 0.1) is 23.7 Å². The van der Waals surface area contributed by atoms with Gasteiger partial charge in [-0.3, -0.25) is 14.9 Å². The van der Waals surface area contributed by atoms with Gasteiger partial charge < -0.3 is 9.47 Å². The Balaban J connectivity index is 2.32. The summed E-state index contributed by atoms with van der Waals surface area (Å²) in [6.45, 7) is 0.172. The molecular weight excluding hydrogens is 284 g/mol. The third kappa shape index (κ3) is 2.91. The van der Waals surface area contributed by atoms with Crippen LogP contribution in [0.5, 0.6) is 11.5 Å². The molecule has 0 N–H and O–H groups in total. The fraction of sp³-hybridized carbons (Fsp3) is 0.167. The fourth-order valence-electron chi connectivity index (χ4n) is 1.55. The van der Waals surface area contributed by atoms with E-state index in [-0.39, 0.29) is 29.4 Å². The smallest absolute Gasteiger partial charge is 0.283 e. The number of rotatable bonds is 6. The van der Waals surface area contributed by atoms with Crippen molar-refractivity contribution in [2.24, 2.45) is 0 Å². The van der Waals surface area contributed by atoms with Crippen molar-refractivity contribution in [3.63, 3.8) is 0 Å². The molecule has 20 heavy (non-hydrogen) atoms. The van der Waals surface area contributed by atoms with E-state index in [1.807, 2.05) is 0 Å². The Hall–Kier alpha value is -2.48. The molecule has 2 rings (SSSR count). The SMILES string of the molecule is COc1cc(C=O)c([N+](=O)[O-])cc1OCc1nccs1. The third-order valence-corrected chi connectivity index (χ3v) is 3.22. The topological polar surface area (TPSA) is 91.6 Å². The molecular formula is C12H10N2O5S. The number of nitrogens with zero attached hydrogens (tertiary/aromatic N) is 2. The average Bonchev–Trinajstić information content (AvgIpc) is 2.97. The van der Waals surface area contributed by atoms with Crippen LogP contribution < -0.4 is 9.47 Å². The predicted octanol–water partition coefficient (Wildman–Crippen LogP) is 2.45. The lowest BCUT2D eigenvalue weighted by Crippen LogP contribution is -2.01. The molecule has 104 valence electrons. The normalized spacial score (nSPS) is 10.1. The molecule has 0 bridgehead atoms. The first-order chi connectivity index (χ1) is 9.65. The van der Waals surface area contributed by atoms with Crippen molar-refractivity contribution < 1.29 is 19.2 Å². The van der Waals surface area contributed by atoms with E-state index in [4.69, 9.17) is 9.47 Å². The summed E-state index contributed by atoms with van der Waals surface area (Å²) >= 11 is 1.41. The number of benzene rings is 1. The monoisotopic (exact) mass is 294 g/mol. The Morgan fingerprint density at radius 2 is 2.25 bits per heavy atom. The average molecular weight is 294 g/mol. The minimum atomic E-state index is -0.639. The molecule has 0 saturated carbocycles. The van der Waals surface area contributed by atoms with Gasteiger partial charge in [0, 0.05) is 17.6 Å². The first-order valence-electron chi connectivity index (χ1n) is 5.48. The molecule has 0 saturated heterocycles. The highest BCUT2D eigenvalue weighted by Crippen LogP contribution is 2.34. The van der Waals surface area contributed by atoms with Crippen LogP contribution in [0.15, 0.2) is 23.7 Å². The Labute approximate surface area is 117 Å². The van der Waals surface area contributed by atoms with Crippen molar-refractivity contribution in [1.29, 1.82) is 0 Å². The van der Waals surface area contributed by atoms with Crippen LogP contribution in [0, 0.1) is 10.1 Å². The summed E-state index contributed by atoms with van der Waals surface area (Å²) in [7, 11) is 1.39. The van der Waals surface area contributed by atoms with E-state index in [1.54, 1.807) is 11.6 Å². The second-order valence-electron chi connectivity index (χ2n) is 3.65. The zero-order valence-corrected chi connectivity index (χ0v) is 11.3. The number of carbonyl (C=O) groups is 1. The number of ether oxygens (including phenoxy) is 2. The number of methoxy groups -OCH3 is 1. The zero-order valence-electron chi connectivity index (χ0n) is 10.4. The van der Waals surface area contributed by atoms with E-state index in [0.29, 0.717) is 6.29 Å². The Morgan fingerprint density at radius 1 is 1.45 bits per heavy atom. The number of nitro benzene ring substituents is 1. The maximum atomic E-state index is 10.9. The quantitative estimate of drug-likeness (QED) is 0.461. The van der Waals surface area contributed by atoms with Gasteiger partial charge in [-0.25, -0.2) is 4.98 Å². The summed E-state index contributed by atoms with van der Waals surface area (Å²) in [4.78, 5) is 25.2. The lowest BCUT2D eigenvalue weighted by atomic mass is 10.1. The highest BCUT2D eigenvalue weighted by Gasteiger charge is 2.19. The van der Waals surface area contributed by atoms with Crippen molar-refractivity contribution in [3.8, 4) is 11.5 Å². The number of hydrogen-bond acceptors (Lipinski definition) is 7. The number of nitro groups is 1. The summed E-state index contributed by atoms with van der Waals surface area (Å²) in [5, 5.41) is 13.4. The van der Waals surface area contributed by atoms with Crippen LogP contribution in [-0.4, -0.2) is 23.3 Å². The van der Waals surface area contributed by atoms with Crippen LogP contribution in [0.3, 0.4) is 0 Å². The van der Waals surface area contributed by atoms with Crippen molar-refractivity contribution in [2.75, 3.05) is 7.11 Å². The highest BCUT2D eigenvalue weighted by molar-refractivity contribution is 7.09. The number of thiazole rings is 1. The van der Waals surface area contributed by atoms with Gasteiger partial charge in [-0.15, -0.1) is 11.3 Å². The predicted molar refractivity (Wildman–Crippen MR) is 71.5 cm³/mol. The van der Waals surface area contributed by atoms with E-state index < -0.39 is 4.92 Å². The van der Waals surface area contributed by atoms with Crippen LogP contribution in [0.1, 0.15) is 15.4 Å². The molecule has 2 aromatic rings. The minimum absolute atomic E-state index is 0.0616. The molecule has 0 atom stereocenters. The van der Waals surface area contributed by atoms with Gasteiger partial charge in [-0.05, 0) is 0 Å². The second kappa shape index (κ2) is 6.11. The molecule has 1 aromatic carbocycles. The van der Waals surface area contributed by atoms with E-state index in [1.165, 1.54) is 30.6 Å². The standard InChI is InChI=1S/C12H10N2O5S/c1-18-10-4-8(6-15)9(14(16)17)5-11(10)19-7-12-13-2-3-20-12/h2-6H,7H2,1H3. The van der Waals surface area contributed by atoms with Crippen molar-refractivity contribution >= 4 is 23.3 Å². The molecule has 0 aliphatic heterocycles. The van der Waals surface area contributed by atoms with Crippen LogP contribution in [0.25, 0.3) is 0 Å². The van der Waals surface area contributed by atoms with Crippen molar-refractivity contribution in [2.45, 2.75) is 6.61 Å². The molecule has 0 amide bonds. The molecule has 8 heteroatoms. The molecule has 0 spiro atoms. The zero-order chi connectivity index (χ0) is 14.5. The Kier molecular flexibility index (Phi) is 4.26. The Morgan fingerprint density at radius 3 is 2.80 bits per heavy atom. The molecule has 1 heterocycles. The number of aromatic nitrogens is 1. The van der Waals surface area contributed by atoms with Crippen LogP contribution in [-0.2, 0) is 6.61 Å². The van der Waals surface area contributed by atoms with Crippen LogP contribution in [0.4, 0.5) is 5.69 Å². The van der Waals surface area contributed by atoms with Gasteiger partial charge in [0.25, 0.3) is 5.69 Å². The second-order valence-corrected chi connectivity index (χ2v) is 4.63. The highest BCUT2D eigenvalue weighted by atomic mass is 32.1. The molecule has 7 nitrogen and oxygen atoms in total. The van der Waals surface area contributed by atoms with Crippen molar-refractivity contribution in [3.05, 3.63) is 44.4 Å². The minimum Gasteiger partial charge on any atom is -0.493 e. The van der Waals surface area contributed by atoms with Gasteiger partial charge in [0.2, 0.25) is 0 Å². The fourth-order valence-corrected chi connectivity index (χ4v) is 2.08. The first kappa shape index (κ1) is 13.9. The van der Waals surface area contributed by atoms with E-state index >= 15 is 0 Å². The van der Waals surface area contributed by atoms with Gasteiger partial charge >= 0.3 is 0 Å². The van der Waals surface area contributed by atoms with Gasteiger partial charge in [0.15, 0.2) is 17.8 Å². The van der Waals surface area contributed by atoms with Crippen molar-refractivity contribution in [1.82, 2.24) is 4.98 Å². The molecule has 0 radical (unpaired) electrons. The Bertz CT molecular complexity index is 627. The summed E-state index contributed by atoms with van der Waals surface area (Å²) in [5.41, 5.74) is -0.386. The van der Waals surface area contributed by atoms with Crippen LogP contribution >= 0.6 is 11.3 Å². The molecule has 0 aliphatic rings. The molecule has 1 aromatic heterocycles. The summed E-state index contributed by atoms with van der Waals surface area (Å²) in [5.74, 6) is 0.453. The molecule has 0 unspecified atom stereocenters. The lowest BCUT2D eigenvalue weighted by molar-refractivity contribution is -0.385. The lowest BCUT2D eigenvalue weighted by Gasteiger charge is -2.10. The van der Waals surface area contributed by atoms with E-state index in [2.05, 4.69) is 4.98 Å². The summed E-state index contributed by atoms with van der Waals surface area (Å²) in [6.07, 6.45) is 2.05. The molecule has 0 fully saturated rings. The van der Waals surface area contributed by atoms with Gasteiger partial charge in [-0.2, -0.15) is 0 Å². The maximum absolute atomic E-state index is 10.9. The maximum Gasteiger partial charge on any atom is 0.283 e. The van der Waals surface area contributed by atoms with Gasteiger partial charge in [-0.1, -0.05) is 0 Å². The number of carbonyl (C=O) groups excluding carboxylic acids is 1. The van der Waals surface area contributed by atoms with E-state index in [0.717, 1.165) is 5.01 Å². The largest absolute Gasteiger partial charge is 0.493 e. The third-order valence-electron chi connectivity index (χ3n) is 2.47. The summed E-state index contributed by atoms with van der Waals surface area (Å²) < 4.78 is 10.5. The first-order valence-corrected chi connectivity index (χ1v) is 6.36. The van der Waals surface area contributed by atoms with E-state index in [9.17, 15) is 14.9 Å². The summed E-state index contributed by atoms with van der Waals surface area (Å²) in [6, 6.07) is 2.46. The van der Waals surface area contributed by atoms with Gasteiger partial charge in [0.1, 0.15) is 11.6 Å². The molecule has 0 aliphatic carbocycles.